The fraction of sp³-hybridized carbons (Fsp3) is 0.538. The van der Waals surface area contributed by atoms with Gasteiger partial charge in [0.2, 0.25) is 11.8 Å². The first-order valence-electron chi connectivity index (χ1n) is 12.0. The van der Waals surface area contributed by atoms with Gasteiger partial charge in [0.05, 0.1) is 24.0 Å². The van der Waals surface area contributed by atoms with E-state index in [1.54, 1.807) is 28.8 Å². The Hall–Kier alpha value is -3.38. The number of fused-ring (bicyclic) bond motifs is 1. The van der Waals surface area contributed by atoms with Crippen LogP contribution in [0, 0.1) is 23.2 Å². The Morgan fingerprint density at radius 3 is 2.63 bits per heavy atom. The number of methoxy groups -OCH3 is 1. The fourth-order valence-electron chi connectivity index (χ4n) is 5.52. The third-order valence-electron chi connectivity index (χ3n) is 6.98. The van der Waals surface area contributed by atoms with E-state index in [9.17, 15) is 24.8 Å². The Morgan fingerprint density at radius 2 is 2.03 bits per heavy atom. The number of carbonyl (C=O) groups is 3. The van der Waals surface area contributed by atoms with E-state index in [1.165, 1.54) is 7.11 Å². The van der Waals surface area contributed by atoms with E-state index in [1.807, 2.05) is 13.8 Å². The SMILES string of the molecule is COCCn1c(C(=O)O)c([C@]2(C(N)=O)CCCC[C@H]2C(=O)N[C@H](C#N)CC(C)C)c2ccccc21. The Morgan fingerprint density at radius 1 is 1.31 bits per heavy atom. The molecule has 1 aromatic heterocycles. The second-order valence-electron chi connectivity index (χ2n) is 9.64. The van der Waals surface area contributed by atoms with E-state index >= 15 is 0 Å². The maximum Gasteiger partial charge on any atom is 0.352 e. The highest BCUT2D eigenvalue weighted by molar-refractivity contribution is 6.06. The van der Waals surface area contributed by atoms with Crippen molar-refractivity contribution in [2.45, 2.75) is 64.0 Å². The number of nitriles is 1. The zero-order chi connectivity index (χ0) is 25.8. The highest BCUT2D eigenvalue weighted by atomic mass is 16.5. The third kappa shape index (κ3) is 4.89. The first kappa shape index (κ1) is 26.2. The number of carbonyl (C=O) groups excluding carboxylic acids is 2. The van der Waals surface area contributed by atoms with Gasteiger partial charge in [-0.2, -0.15) is 5.26 Å². The molecule has 0 spiro atoms. The molecular formula is C26H34N4O5. The summed E-state index contributed by atoms with van der Waals surface area (Å²) in [4.78, 5) is 39.6. The van der Waals surface area contributed by atoms with Gasteiger partial charge in [0, 0.05) is 30.1 Å². The number of nitrogens with zero attached hydrogens (tertiary/aromatic N) is 2. The number of hydrogen-bond acceptors (Lipinski definition) is 5. The Balaban J connectivity index is 2.25. The lowest BCUT2D eigenvalue weighted by molar-refractivity contribution is -0.137. The predicted octanol–water partition coefficient (Wildman–Crippen LogP) is 2.95. The maximum absolute atomic E-state index is 13.6. The second-order valence-corrected chi connectivity index (χ2v) is 9.64. The number of nitrogens with two attached hydrogens (primary N) is 1. The van der Waals surface area contributed by atoms with Gasteiger partial charge in [0.1, 0.15) is 11.7 Å². The molecule has 0 saturated heterocycles. The van der Waals surface area contributed by atoms with Crippen molar-refractivity contribution in [1.29, 1.82) is 5.26 Å². The molecule has 9 nitrogen and oxygen atoms in total. The second kappa shape index (κ2) is 10.9. The van der Waals surface area contributed by atoms with Gasteiger partial charge in [0.15, 0.2) is 0 Å². The van der Waals surface area contributed by atoms with Crippen molar-refractivity contribution in [3.05, 3.63) is 35.5 Å². The number of para-hydroxylation sites is 1. The van der Waals surface area contributed by atoms with Gasteiger partial charge >= 0.3 is 5.97 Å². The van der Waals surface area contributed by atoms with E-state index in [0.717, 1.165) is 0 Å². The monoisotopic (exact) mass is 482 g/mol. The Labute approximate surface area is 205 Å². The number of nitrogens with one attached hydrogen (secondary N) is 1. The van der Waals surface area contributed by atoms with Crippen LogP contribution in [0.5, 0.6) is 0 Å². The molecule has 2 aromatic rings. The number of hydrogen-bond donors (Lipinski definition) is 3. The number of primary amides is 1. The van der Waals surface area contributed by atoms with Gasteiger partial charge < -0.3 is 25.5 Å². The van der Waals surface area contributed by atoms with Crippen LogP contribution in [0.2, 0.25) is 0 Å². The molecule has 0 bridgehead atoms. The summed E-state index contributed by atoms with van der Waals surface area (Å²) in [5.74, 6) is -3.08. The average Bonchev–Trinajstić information content (AvgIpc) is 3.16. The van der Waals surface area contributed by atoms with Crippen molar-refractivity contribution in [3.8, 4) is 6.07 Å². The first-order valence-corrected chi connectivity index (χ1v) is 12.0. The van der Waals surface area contributed by atoms with Gasteiger partial charge in [0.25, 0.3) is 0 Å². The number of benzene rings is 1. The molecular weight excluding hydrogens is 448 g/mol. The molecule has 3 rings (SSSR count). The number of aromatic carboxylic acids is 1. The average molecular weight is 483 g/mol. The molecule has 1 saturated carbocycles. The van der Waals surface area contributed by atoms with Crippen LogP contribution in [0.3, 0.4) is 0 Å². The first-order chi connectivity index (χ1) is 16.7. The third-order valence-corrected chi connectivity index (χ3v) is 6.98. The van der Waals surface area contributed by atoms with Gasteiger partial charge in [-0.1, -0.05) is 44.9 Å². The minimum atomic E-state index is -1.52. The van der Waals surface area contributed by atoms with Gasteiger partial charge in [-0.05, 0) is 31.2 Å². The van der Waals surface area contributed by atoms with Crippen molar-refractivity contribution >= 4 is 28.7 Å². The van der Waals surface area contributed by atoms with E-state index in [2.05, 4.69) is 11.4 Å². The van der Waals surface area contributed by atoms with E-state index < -0.39 is 35.2 Å². The molecule has 4 N–H and O–H groups in total. The summed E-state index contributed by atoms with van der Waals surface area (Å²) in [5.41, 5.74) is 5.40. The largest absolute Gasteiger partial charge is 0.477 e. The van der Waals surface area contributed by atoms with Crippen LogP contribution in [0.25, 0.3) is 10.9 Å². The zero-order valence-electron chi connectivity index (χ0n) is 20.5. The molecule has 2 amide bonds. The topological polar surface area (TPSA) is 147 Å². The number of rotatable bonds is 10. The molecule has 9 heteroatoms. The zero-order valence-corrected chi connectivity index (χ0v) is 20.5. The summed E-state index contributed by atoms with van der Waals surface area (Å²) < 4.78 is 6.83. The normalized spacial score (nSPS) is 20.9. The summed E-state index contributed by atoms with van der Waals surface area (Å²) in [7, 11) is 1.53. The van der Waals surface area contributed by atoms with Crippen LogP contribution >= 0.6 is 0 Å². The number of amides is 2. The standard InChI is InChI=1S/C26H34N4O5/c1-16(2)14-17(15-27)29-23(31)19-9-6-7-11-26(19,25(28)34)21-18-8-4-5-10-20(18)30(12-13-35-3)22(21)24(32)33/h4-5,8,10,16-17,19H,6-7,9,11-14H2,1-3H3,(H2,28,34)(H,29,31)(H,32,33)/t17-,19-,26-/m0/s1. The van der Waals surface area contributed by atoms with Crippen LogP contribution in [0.4, 0.5) is 0 Å². The molecule has 0 aliphatic heterocycles. The summed E-state index contributed by atoms with van der Waals surface area (Å²) in [6.07, 6.45) is 2.40. The summed E-state index contributed by atoms with van der Waals surface area (Å²) in [6, 6.07) is 8.55. The maximum atomic E-state index is 13.6. The van der Waals surface area contributed by atoms with E-state index in [0.29, 0.717) is 36.6 Å². The molecule has 35 heavy (non-hydrogen) atoms. The van der Waals surface area contributed by atoms with E-state index in [4.69, 9.17) is 10.5 Å². The molecule has 3 atom stereocenters. The van der Waals surface area contributed by atoms with Crippen molar-refractivity contribution in [2.24, 2.45) is 17.6 Å². The van der Waals surface area contributed by atoms with Crippen molar-refractivity contribution < 1.29 is 24.2 Å². The minimum absolute atomic E-state index is 0.0548. The number of ether oxygens (including phenoxy) is 1. The van der Waals surface area contributed by atoms with Crippen LogP contribution in [-0.4, -0.2) is 47.2 Å². The number of carboxylic acid groups (broad SMARTS) is 1. The summed E-state index contributed by atoms with van der Waals surface area (Å²) >= 11 is 0. The highest BCUT2D eigenvalue weighted by Gasteiger charge is 2.54. The smallest absolute Gasteiger partial charge is 0.352 e. The van der Waals surface area contributed by atoms with Crippen LogP contribution in [-0.2, 0) is 26.3 Å². The molecule has 1 heterocycles. The molecule has 1 fully saturated rings. The minimum Gasteiger partial charge on any atom is -0.477 e. The van der Waals surface area contributed by atoms with Gasteiger partial charge in [-0.25, -0.2) is 4.79 Å². The summed E-state index contributed by atoms with van der Waals surface area (Å²) in [5, 5.41) is 23.3. The molecule has 1 aliphatic rings. The number of carboxylic acids is 1. The number of aromatic nitrogens is 1. The molecule has 1 aromatic carbocycles. The Bertz CT molecular complexity index is 1150. The molecule has 0 radical (unpaired) electrons. The predicted molar refractivity (Wildman–Crippen MR) is 131 cm³/mol. The lowest BCUT2D eigenvalue weighted by atomic mass is 9.60. The van der Waals surface area contributed by atoms with Crippen LogP contribution in [0.15, 0.2) is 24.3 Å². The van der Waals surface area contributed by atoms with E-state index in [-0.39, 0.29) is 36.7 Å². The highest BCUT2D eigenvalue weighted by Crippen LogP contribution is 2.48. The Kier molecular flexibility index (Phi) is 8.18. The van der Waals surface area contributed by atoms with Crippen LogP contribution < -0.4 is 11.1 Å². The fourth-order valence-corrected chi connectivity index (χ4v) is 5.52. The lowest BCUT2D eigenvalue weighted by Crippen LogP contribution is -2.56. The van der Waals surface area contributed by atoms with Crippen molar-refractivity contribution in [3.63, 3.8) is 0 Å². The lowest BCUT2D eigenvalue weighted by Gasteiger charge is -2.41. The van der Waals surface area contributed by atoms with Crippen molar-refractivity contribution in [2.75, 3.05) is 13.7 Å². The van der Waals surface area contributed by atoms with Crippen molar-refractivity contribution in [1.82, 2.24) is 9.88 Å². The molecule has 188 valence electrons. The molecule has 1 aliphatic carbocycles. The van der Waals surface area contributed by atoms with Crippen LogP contribution in [0.1, 0.15) is 62.0 Å². The van der Waals surface area contributed by atoms with Gasteiger partial charge in [-0.3, -0.25) is 9.59 Å². The quantitative estimate of drug-likeness (QED) is 0.474. The van der Waals surface area contributed by atoms with Gasteiger partial charge in [-0.15, -0.1) is 0 Å². The summed E-state index contributed by atoms with van der Waals surface area (Å²) in [6.45, 7) is 4.44. The molecule has 0 unspecified atom stereocenters.